The number of nitrogens with zero attached hydrogens (tertiary/aromatic N) is 4. The molecule has 0 bridgehead atoms. The van der Waals surface area contributed by atoms with Crippen LogP contribution in [0.15, 0.2) is 12.4 Å². The lowest BCUT2D eigenvalue weighted by Crippen LogP contribution is -2.34. The number of sulfonamides is 1. The molecule has 0 aromatic carbocycles. The van der Waals surface area contributed by atoms with Gasteiger partial charge in [0.15, 0.2) is 5.25 Å². The first-order valence-corrected chi connectivity index (χ1v) is 6.87. The fourth-order valence-electron chi connectivity index (χ4n) is 1.29. The SMILES string of the molecule is CCC(C#N)S(=O)(=O)NCCCn1ccnn1. The molecule has 7 nitrogen and oxygen atoms in total. The molecule has 0 fully saturated rings. The van der Waals surface area contributed by atoms with Gasteiger partial charge in [0.1, 0.15) is 0 Å². The number of nitrogens with one attached hydrogen (secondary N) is 1. The maximum absolute atomic E-state index is 11.6. The second-order valence-corrected chi connectivity index (χ2v) is 5.43. The van der Waals surface area contributed by atoms with Gasteiger partial charge in [-0.25, -0.2) is 13.1 Å². The van der Waals surface area contributed by atoms with E-state index >= 15 is 0 Å². The first-order chi connectivity index (χ1) is 8.10. The Morgan fingerprint density at radius 1 is 1.59 bits per heavy atom. The van der Waals surface area contributed by atoms with E-state index in [1.165, 1.54) is 0 Å². The summed E-state index contributed by atoms with van der Waals surface area (Å²) in [6.07, 6.45) is 4.16. The van der Waals surface area contributed by atoms with E-state index in [1.54, 1.807) is 30.1 Å². The molecule has 17 heavy (non-hydrogen) atoms. The molecule has 1 aromatic rings. The van der Waals surface area contributed by atoms with Crippen LogP contribution in [0, 0.1) is 11.3 Å². The highest BCUT2D eigenvalue weighted by molar-refractivity contribution is 7.90. The van der Waals surface area contributed by atoms with Crippen molar-refractivity contribution in [3.8, 4) is 6.07 Å². The Morgan fingerprint density at radius 3 is 2.88 bits per heavy atom. The van der Waals surface area contributed by atoms with Crippen molar-refractivity contribution in [3.05, 3.63) is 12.4 Å². The van der Waals surface area contributed by atoms with Gasteiger partial charge in [0.05, 0.1) is 12.3 Å². The van der Waals surface area contributed by atoms with Crippen molar-refractivity contribution >= 4 is 10.0 Å². The van der Waals surface area contributed by atoms with E-state index in [2.05, 4.69) is 15.0 Å². The van der Waals surface area contributed by atoms with Crippen LogP contribution in [0.5, 0.6) is 0 Å². The molecule has 8 heteroatoms. The Hall–Kier alpha value is -1.46. The fraction of sp³-hybridized carbons (Fsp3) is 0.667. The Kier molecular flexibility index (Phi) is 5.06. The highest BCUT2D eigenvalue weighted by Gasteiger charge is 2.22. The quantitative estimate of drug-likeness (QED) is 0.687. The predicted molar refractivity (Wildman–Crippen MR) is 61.3 cm³/mol. The molecule has 94 valence electrons. The van der Waals surface area contributed by atoms with Crippen LogP contribution >= 0.6 is 0 Å². The van der Waals surface area contributed by atoms with Crippen molar-refractivity contribution in [1.82, 2.24) is 19.7 Å². The van der Waals surface area contributed by atoms with Crippen LogP contribution in [0.4, 0.5) is 0 Å². The predicted octanol–water partition coefficient (Wildman–Crippen LogP) is -0.110. The average Bonchev–Trinajstić information content (AvgIpc) is 2.78. The van der Waals surface area contributed by atoms with Gasteiger partial charge in [-0.2, -0.15) is 5.26 Å². The summed E-state index contributed by atoms with van der Waals surface area (Å²) in [6.45, 7) is 2.55. The van der Waals surface area contributed by atoms with E-state index in [4.69, 9.17) is 5.26 Å². The number of rotatable bonds is 7. The molecule has 1 heterocycles. The first kappa shape index (κ1) is 13.6. The van der Waals surface area contributed by atoms with Gasteiger partial charge >= 0.3 is 0 Å². The maximum atomic E-state index is 11.6. The summed E-state index contributed by atoms with van der Waals surface area (Å²) in [5.74, 6) is 0. The van der Waals surface area contributed by atoms with Gasteiger partial charge in [0.2, 0.25) is 10.0 Å². The lowest BCUT2D eigenvalue weighted by Gasteiger charge is -2.09. The molecule has 1 rings (SSSR count). The molecule has 1 atom stereocenters. The monoisotopic (exact) mass is 257 g/mol. The molecule has 0 radical (unpaired) electrons. The van der Waals surface area contributed by atoms with Crippen molar-refractivity contribution < 1.29 is 8.42 Å². The third kappa shape index (κ3) is 4.13. The highest BCUT2D eigenvalue weighted by atomic mass is 32.2. The largest absolute Gasteiger partial charge is 0.253 e. The van der Waals surface area contributed by atoms with E-state index < -0.39 is 15.3 Å². The minimum absolute atomic E-state index is 0.287. The number of hydrogen-bond donors (Lipinski definition) is 1. The van der Waals surface area contributed by atoms with E-state index in [9.17, 15) is 8.42 Å². The standard InChI is InChI=1S/C9H15N5O2S/c1-2-9(8-10)17(15,16)12-4-3-6-14-7-5-11-13-14/h5,7,9,12H,2-4,6H2,1H3. The van der Waals surface area contributed by atoms with E-state index in [0.717, 1.165) is 0 Å². The summed E-state index contributed by atoms with van der Waals surface area (Å²) in [5, 5.41) is 15.1. The number of aryl methyl sites for hydroxylation is 1. The van der Waals surface area contributed by atoms with Crippen molar-refractivity contribution in [2.45, 2.75) is 31.6 Å². The number of aromatic nitrogens is 3. The third-order valence-electron chi connectivity index (χ3n) is 2.23. The van der Waals surface area contributed by atoms with Gasteiger partial charge < -0.3 is 0 Å². The third-order valence-corrected chi connectivity index (χ3v) is 4.02. The molecule has 0 saturated carbocycles. The van der Waals surface area contributed by atoms with Gasteiger partial charge in [-0.3, -0.25) is 4.68 Å². The van der Waals surface area contributed by atoms with Gasteiger partial charge in [0, 0.05) is 19.3 Å². The molecule has 0 aliphatic carbocycles. The Morgan fingerprint density at radius 2 is 2.35 bits per heavy atom. The number of hydrogen-bond acceptors (Lipinski definition) is 5. The molecule has 0 aliphatic heterocycles. The zero-order valence-corrected chi connectivity index (χ0v) is 10.4. The minimum atomic E-state index is -3.52. The Bertz CT molecular complexity index is 462. The zero-order valence-electron chi connectivity index (χ0n) is 9.57. The van der Waals surface area contributed by atoms with E-state index in [0.29, 0.717) is 19.5 Å². The fourth-order valence-corrected chi connectivity index (χ4v) is 2.50. The normalized spacial score (nSPS) is 13.2. The summed E-state index contributed by atoms with van der Waals surface area (Å²) >= 11 is 0. The summed E-state index contributed by atoms with van der Waals surface area (Å²) in [5.41, 5.74) is 0. The van der Waals surface area contributed by atoms with Crippen LogP contribution in [0.2, 0.25) is 0 Å². The zero-order chi connectivity index (χ0) is 12.7. The van der Waals surface area contributed by atoms with Gasteiger partial charge in [-0.15, -0.1) is 5.10 Å². The second-order valence-electron chi connectivity index (χ2n) is 3.49. The van der Waals surface area contributed by atoms with Crippen molar-refractivity contribution in [2.75, 3.05) is 6.54 Å². The summed E-state index contributed by atoms with van der Waals surface area (Å²) in [7, 11) is -3.52. The Labute approximate surface area is 100 Å². The van der Waals surface area contributed by atoms with Crippen LogP contribution < -0.4 is 4.72 Å². The van der Waals surface area contributed by atoms with Crippen LogP contribution in [0.1, 0.15) is 19.8 Å². The molecule has 0 spiro atoms. The molecule has 0 amide bonds. The summed E-state index contributed by atoms with van der Waals surface area (Å²) in [4.78, 5) is 0. The van der Waals surface area contributed by atoms with Crippen molar-refractivity contribution in [2.24, 2.45) is 0 Å². The van der Waals surface area contributed by atoms with Gasteiger partial charge in [-0.1, -0.05) is 12.1 Å². The Balaban J connectivity index is 2.33. The molecule has 0 saturated heterocycles. The molecule has 1 aromatic heterocycles. The van der Waals surface area contributed by atoms with Crippen LogP contribution in [0.25, 0.3) is 0 Å². The lowest BCUT2D eigenvalue weighted by atomic mass is 10.4. The average molecular weight is 257 g/mol. The maximum Gasteiger partial charge on any atom is 0.227 e. The van der Waals surface area contributed by atoms with Crippen molar-refractivity contribution in [1.29, 1.82) is 5.26 Å². The van der Waals surface area contributed by atoms with Gasteiger partial charge in [-0.05, 0) is 12.8 Å². The van der Waals surface area contributed by atoms with E-state index in [-0.39, 0.29) is 6.42 Å². The van der Waals surface area contributed by atoms with E-state index in [1.807, 2.05) is 0 Å². The highest BCUT2D eigenvalue weighted by Crippen LogP contribution is 2.02. The van der Waals surface area contributed by atoms with Crippen LogP contribution in [0.3, 0.4) is 0 Å². The first-order valence-electron chi connectivity index (χ1n) is 5.32. The topological polar surface area (TPSA) is 101 Å². The smallest absolute Gasteiger partial charge is 0.227 e. The molecule has 1 N–H and O–H groups in total. The molecular weight excluding hydrogens is 242 g/mol. The lowest BCUT2D eigenvalue weighted by molar-refractivity contribution is 0.539. The van der Waals surface area contributed by atoms with Crippen molar-refractivity contribution in [3.63, 3.8) is 0 Å². The van der Waals surface area contributed by atoms with Gasteiger partial charge in [0.25, 0.3) is 0 Å². The minimum Gasteiger partial charge on any atom is -0.253 e. The van der Waals surface area contributed by atoms with Crippen LogP contribution in [-0.4, -0.2) is 35.2 Å². The molecule has 0 aliphatic rings. The molecule has 1 unspecified atom stereocenters. The second kappa shape index (κ2) is 6.32. The summed E-state index contributed by atoms with van der Waals surface area (Å²) in [6, 6.07) is 1.77. The van der Waals surface area contributed by atoms with Crippen LogP contribution in [-0.2, 0) is 16.6 Å². The number of nitriles is 1. The molecular formula is C9H15N5O2S. The summed E-state index contributed by atoms with van der Waals surface area (Å²) < 4.78 is 27.2.